The molecule has 0 radical (unpaired) electrons. The Bertz CT molecular complexity index is 3830. The SMILES string of the molecule is COC(=O)N[C@H](C(=O)N1CCCC1c1nc(-c2ccc(-c3sc4cc(-c5ccc(-c6cnc([C@@H]7CCCN7C(=O)[C@@H](NC(=O)O)C(C)C)[nH]6)cc5)sc4c3-c3ccc(-c4cnc(C5CCCN5C(=O)[C@@H](NC(=O)O)C(C)C)[nH]4)cc3)cc2)c[nH]1)C(C)C. The Morgan fingerprint density at radius 2 is 0.989 bits per heavy atom. The van der Waals surface area contributed by atoms with Gasteiger partial charge in [0.25, 0.3) is 0 Å². The summed E-state index contributed by atoms with van der Waals surface area (Å²) in [6.45, 7) is 12.7. The lowest BCUT2D eigenvalue weighted by molar-refractivity contribution is -0.136. The molecule has 3 fully saturated rings. The minimum absolute atomic E-state index is 0.151. The van der Waals surface area contributed by atoms with Crippen molar-refractivity contribution < 1.29 is 43.7 Å². The number of carboxylic acid groups (broad SMARTS) is 2. The van der Waals surface area contributed by atoms with E-state index in [1.54, 1.807) is 49.8 Å². The number of ether oxygens (including phenoxy) is 1. The Labute approximate surface area is 511 Å². The van der Waals surface area contributed by atoms with E-state index in [9.17, 15) is 39.0 Å². The third-order valence-electron chi connectivity index (χ3n) is 16.9. The Morgan fingerprint density at radius 1 is 0.563 bits per heavy atom. The molecule has 23 heteroatoms. The summed E-state index contributed by atoms with van der Waals surface area (Å²) in [5, 5.41) is 26.5. The molecule has 3 aromatic carbocycles. The lowest BCUT2D eigenvalue weighted by atomic mass is 9.99. The molecule has 5 aromatic heterocycles. The summed E-state index contributed by atoms with van der Waals surface area (Å²) in [7, 11) is 1.28. The standard InChI is InChI=1S/C64H72N12O9S2/c1-33(2)51(71-62(80)81)59(77)74-26-8-11-45(74)56-65-30-42(68-56)36-14-20-39(21-15-36)48-29-49-55(86-48)50(40-22-16-37(17-23-40)43-31-66-57(69-43)46-12-9-27-75(46)60(78)52(34(3)4)72-63(82)83)54(87-49)41-24-18-38(19-25-41)44-32-67-58(70-44)47-13-10-28-76(47)61(79)53(35(5)6)73-64(84)85-7/h14-25,29-35,45-47,51-53,71-72H,8-13,26-28H2,1-7H3,(H,65,68)(H,66,69)(H,67,70)(H,73,84)(H,80,81)(H,82,83)/t45-,46?,47?,51-,52-,53-/m0/s1. The quantitative estimate of drug-likeness (QED) is 0.0398. The number of nitrogens with one attached hydrogen (secondary N) is 6. The molecule has 3 aliphatic heterocycles. The molecule has 3 saturated heterocycles. The number of aromatic amines is 3. The van der Waals surface area contributed by atoms with Crippen LogP contribution in [0.3, 0.4) is 0 Å². The van der Waals surface area contributed by atoms with Gasteiger partial charge in [0.05, 0.1) is 59.4 Å². The molecular weight excluding hydrogens is 1140 g/mol. The zero-order valence-corrected chi connectivity index (χ0v) is 51.2. The average molecular weight is 1220 g/mol. The molecule has 6 atom stereocenters. The van der Waals surface area contributed by atoms with Gasteiger partial charge in [0.1, 0.15) is 35.6 Å². The summed E-state index contributed by atoms with van der Waals surface area (Å²) >= 11 is 3.46. The fourth-order valence-electron chi connectivity index (χ4n) is 12.4. The van der Waals surface area contributed by atoms with Gasteiger partial charge in [0.15, 0.2) is 0 Å². The van der Waals surface area contributed by atoms with Crippen LogP contribution in [-0.2, 0) is 19.1 Å². The zero-order valence-electron chi connectivity index (χ0n) is 49.5. The topological polar surface area (TPSA) is 284 Å². The molecule has 0 saturated carbocycles. The Balaban J connectivity index is 0.872. The van der Waals surface area contributed by atoms with Crippen molar-refractivity contribution in [2.24, 2.45) is 17.8 Å². The molecule has 0 spiro atoms. The van der Waals surface area contributed by atoms with E-state index >= 15 is 0 Å². The minimum atomic E-state index is -1.24. The van der Waals surface area contributed by atoms with Crippen LogP contribution in [-0.4, -0.2) is 136 Å². The van der Waals surface area contributed by atoms with Gasteiger partial charge < -0.3 is 60.6 Å². The number of amides is 6. The molecule has 454 valence electrons. The molecule has 87 heavy (non-hydrogen) atoms. The van der Waals surface area contributed by atoms with Crippen LogP contribution in [0.1, 0.15) is 116 Å². The van der Waals surface area contributed by atoms with Crippen LogP contribution >= 0.6 is 22.7 Å². The molecular formula is C64H72N12O9S2. The Kier molecular flexibility index (Phi) is 17.4. The lowest BCUT2D eigenvalue weighted by Gasteiger charge is -2.29. The summed E-state index contributed by atoms with van der Waals surface area (Å²) in [5.74, 6) is 0.719. The molecule has 0 aliphatic carbocycles. The Morgan fingerprint density at radius 3 is 1.45 bits per heavy atom. The fraction of sp³-hybridized carbons (Fsp3) is 0.391. The lowest BCUT2D eigenvalue weighted by Crippen LogP contribution is -2.51. The fourth-order valence-corrected chi connectivity index (χ4v) is 15.0. The first-order chi connectivity index (χ1) is 41.8. The maximum Gasteiger partial charge on any atom is 0.407 e. The van der Waals surface area contributed by atoms with Crippen LogP contribution in [0.4, 0.5) is 14.4 Å². The summed E-state index contributed by atoms with van der Waals surface area (Å²) in [6, 6.07) is 24.1. The first kappa shape index (κ1) is 59.9. The second kappa shape index (κ2) is 25.2. The van der Waals surface area contributed by atoms with Crippen molar-refractivity contribution in [1.82, 2.24) is 60.6 Å². The number of hydrogen-bond donors (Lipinski definition) is 8. The van der Waals surface area contributed by atoms with Crippen molar-refractivity contribution in [3.8, 4) is 65.8 Å². The molecule has 8 heterocycles. The molecule has 21 nitrogen and oxygen atoms in total. The molecule has 6 amide bonds. The van der Waals surface area contributed by atoms with Crippen LogP contribution in [0.5, 0.6) is 0 Å². The number of aromatic nitrogens is 6. The summed E-state index contributed by atoms with van der Waals surface area (Å²) in [4.78, 5) is 109. The highest BCUT2D eigenvalue weighted by Crippen LogP contribution is 2.51. The van der Waals surface area contributed by atoms with Gasteiger partial charge in [-0.3, -0.25) is 14.4 Å². The number of imidazole rings is 3. The van der Waals surface area contributed by atoms with E-state index in [1.165, 1.54) is 7.11 Å². The van der Waals surface area contributed by atoms with Crippen LogP contribution in [0, 0.1) is 17.8 Å². The van der Waals surface area contributed by atoms with Gasteiger partial charge in [-0.15, -0.1) is 22.7 Å². The van der Waals surface area contributed by atoms with E-state index in [0.717, 1.165) is 101 Å². The van der Waals surface area contributed by atoms with E-state index in [-0.39, 0.29) is 53.6 Å². The first-order valence-corrected chi connectivity index (χ1v) is 31.3. The third kappa shape index (κ3) is 12.3. The van der Waals surface area contributed by atoms with Crippen molar-refractivity contribution in [3.05, 3.63) is 115 Å². The smallest absolute Gasteiger partial charge is 0.407 e. The van der Waals surface area contributed by atoms with Crippen molar-refractivity contribution >= 4 is 68.1 Å². The van der Waals surface area contributed by atoms with Crippen LogP contribution in [0.2, 0.25) is 0 Å². The first-order valence-electron chi connectivity index (χ1n) is 29.6. The largest absolute Gasteiger partial charge is 0.465 e. The predicted molar refractivity (Wildman–Crippen MR) is 334 cm³/mol. The Hall–Kier alpha value is -8.83. The van der Waals surface area contributed by atoms with Crippen LogP contribution in [0.25, 0.3) is 75.2 Å². The minimum Gasteiger partial charge on any atom is -0.465 e. The monoisotopic (exact) mass is 1220 g/mol. The highest BCUT2D eigenvalue weighted by atomic mass is 32.1. The van der Waals surface area contributed by atoms with Gasteiger partial charge >= 0.3 is 18.3 Å². The molecule has 8 aromatic rings. The number of benzene rings is 3. The molecule has 11 rings (SSSR count). The second-order valence-corrected chi connectivity index (χ2v) is 25.8. The van der Waals surface area contributed by atoms with Gasteiger partial charge in [-0.2, -0.15) is 0 Å². The number of rotatable bonds is 18. The number of carbonyl (C=O) groups excluding carboxylic acids is 4. The number of methoxy groups -OCH3 is 1. The van der Waals surface area contributed by atoms with Crippen molar-refractivity contribution in [3.63, 3.8) is 0 Å². The van der Waals surface area contributed by atoms with Crippen LogP contribution < -0.4 is 16.0 Å². The third-order valence-corrected chi connectivity index (χ3v) is 19.4. The maximum atomic E-state index is 13.9. The number of nitrogens with zero attached hydrogens (tertiary/aromatic N) is 6. The van der Waals surface area contributed by atoms with E-state index in [1.807, 2.05) is 47.7 Å². The van der Waals surface area contributed by atoms with Gasteiger partial charge in [-0.25, -0.2) is 29.3 Å². The number of likely N-dealkylation sites (tertiary alicyclic amines) is 3. The van der Waals surface area contributed by atoms with Gasteiger partial charge in [-0.05, 0) is 90.2 Å². The number of fused-ring (bicyclic) bond motifs is 1. The summed E-state index contributed by atoms with van der Waals surface area (Å²) in [6.07, 6.45) is 6.86. The van der Waals surface area contributed by atoms with Crippen molar-refractivity contribution in [1.29, 1.82) is 0 Å². The molecule has 0 bridgehead atoms. The van der Waals surface area contributed by atoms with E-state index in [0.29, 0.717) is 49.9 Å². The van der Waals surface area contributed by atoms with E-state index in [2.05, 4.69) is 110 Å². The predicted octanol–water partition coefficient (Wildman–Crippen LogP) is 12.1. The second-order valence-electron chi connectivity index (χ2n) is 23.6. The summed E-state index contributed by atoms with van der Waals surface area (Å²) in [5.41, 5.74) is 9.32. The van der Waals surface area contributed by atoms with Crippen LogP contribution in [0.15, 0.2) is 97.5 Å². The van der Waals surface area contributed by atoms with Crippen molar-refractivity contribution in [2.75, 3.05) is 26.7 Å². The van der Waals surface area contributed by atoms with E-state index < -0.39 is 36.4 Å². The molecule has 3 aliphatic rings. The normalized spacial score (nSPS) is 18.0. The number of hydrogen-bond acceptors (Lipinski definition) is 12. The highest BCUT2D eigenvalue weighted by Gasteiger charge is 2.40. The van der Waals surface area contributed by atoms with E-state index in [4.69, 9.17) is 19.7 Å². The van der Waals surface area contributed by atoms with Crippen molar-refractivity contribution in [2.45, 2.75) is 116 Å². The summed E-state index contributed by atoms with van der Waals surface area (Å²) < 4.78 is 7.10. The van der Waals surface area contributed by atoms with Gasteiger partial charge in [-0.1, -0.05) is 114 Å². The average Bonchev–Trinajstić information content (AvgIpc) is 1.71. The highest BCUT2D eigenvalue weighted by molar-refractivity contribution is 7.32. The number of H-pyrrole nitrogens is 3. The number of thiophene rings is 2. The molecule has 8 N–H and O–H groups in total. The maximum absolute atomic E-state index is 13.9. The number of carbonyl (C=O) groups is 6. The number of alkyl carbamates (subject to hydrolysis) is 1. The van der Waals surface area contributed by atoms with Gasteiger partial charge in [0.2, 0.25) is 17.7 Å². The molecule has 2 unspecified atom stereocenters. The van der Waals surface area contributed by atoms with Gasteiger partial charge in [0, 0.05) is 51.4 Å². The zero-order chi connectivity index (χ0) is 61.4.